The standard InChI is InChI=1S/C10H13N3/c11-4-3-7-6-13-10-2-1-8(12)5-9(7)10/h1-2,5H,3-4,6,11-12H2. The summed E-state index contributed by atoms with van der Waals surface area (Å²) in [5, 5.41) is 2.24. The number of fused-ring (bicyclic) bond motifs is 1. The quantitative estimate of drug-likeness (QED) is 0.590. The van der Waals surface area contributed by atoms with Crippen molar-refractivity contribution in [2.45, 2.75) is 6.42 Å². The summed E-state index contributed by atoms with van der Waals surface area (Å²) < 4.78 is 0. The molecule has 0 bridgehead atoms. The van der Waals surface area contributed by atoms with Gasteiger partial charge in [0.1, 0.15) is 0 Å². The molecule has 1 heterocycles. The molecule has 1 aromatic rings. The van der Waals surface area contributed by atoms with Crippen LogP contribution in [0.1, 0.15) is 6.42 Å². The minimum atomic E-state index is 0.680. The average Bonchev–Trinajstić information content (AvgIpc) is 2.49. The lowest BCUT2D eigenvalue weighted by Gasteiger charge is -1.96. The molecule has 1 aliphatic rings. The van der Waals surface area contributed by atoms with Crippen LogP contribution in [0.15, 0.2) is 23.2 Å². The van der Waals surface area contributed by atoms with E-state index in [1.807, 2.05) is 18.2 Å². The molecule has 4 N–H and O–H groups in total. The molecule has 1 aromatic carbocycles. The Balaban J connectivity index is 2.61. The predicted octanol–water partition coefficient (Wildman–Crippen LogP) is -0.599. The first-order valence-electron chi connectivity index (χ1n) is 4.43. The van der Waals surface area contributed by atoms with Gasteiger partial charge in [0.15, 0.2) is 0 Å². The Morgan fingerprint density at radius 1 is 1.38 bits per heavy atom. The first kappa shape index (κ1) is 8.26. The van der Waals surface area contributed by atoms with Crippen molar-refractivity contribution < 1.29 is 0 Å². The van der Waals surface area contributed by atoms with Crippen molar-refractivity contribution in [3.05, 3.63) is 28.8 Å². The molecule has 0 saturated heterocycles. The van der Waals surface area contributed by atoms with Gasteiger partial charge in [-0.25, -0.2) is 0 Å². The van der Waals surface area contributed by atoms with Crippen molar-refractivity contribution in [2.24, 2.45) is 10.7 Å². The Kier molecular flexibility index (Phi) is 2.02. The highest BCUT2D eigenvalue weighted by molar-refractivity contribution is 5.52. The molecule has 0 radical (unpaired) electrons. The molecule has 0 aromatic heterocycles. The van der Waals surface area contributed by atoms with Gasteiger partial charge < -0.3 is 11.5 Å². The Bertz CT molecular complexity index is 434. The number of rotatable bonds is 2. The molecular formula is C10H13N3. The van der Waals surface area contributed by atoms with Crippen molar-refractivity contribution in [2.75, 3.05) is 18.8 Å². The number of hydrogen-bond donors (Lipinski definition) is 2. The van der Waals surface area contributed by atoms with Crippen LogP contribution >= 0.6 is 0 Å². The average molecular weight is 175 g/mol. The molecule has 0 saturated carbocycles. The Morgan fingerprint density at radius 3 is 3.00 bits per heavy atom. The van der Waals surface area contributed by atoms with E-state index in [0.29, 0.717) is 6.54 Å². The van der Waals surface area contributed by atoms with Crippen molar-refractivity contribution in [1.82, 2.24) is 0 Å². The zero-order valence-corrected chi connectivity index (χ0v) is 7.46. The maximum atomic E-state index is 5.70. The largest absolute Gasteiger partial charge is 0.399 e. The molecule has 68 valence electrons. The molecule has 3 nitrogen and oxygen atoms in total. The fourth-order valence-electron chi connectivity index (χ4n) is 1.63. The topological polar surface area (TPSA) is 64.4 Å². The van der Waals surface area contributed by atoms with Gasteiger partial charge in [-0.05, 0) is 36.7 Å². The van der Waals surface area contributed by atoms with E-state index < -0.39 is 0 Å². The molecule has 0 unspecified atom stereocenters. The number of nitrogens with zero attached hydrogens (tertiary/aromatic N) is 1. The zero-order valence-electron chi connectivity index (χ0n) is 7.46. The van der Waals surface area contributed by atoms with Gasteiger partial charge in [0, 0.05) is 10.9 Å². The number of nitrogen functional groups attached to an aromatic ring is 1. The molecule has 0 spiro atoms. The molecular weight excluding hydrogens is 162 g/mol. The van der Waals surface area contributed by atoms with Crippen LogP contribution < -0.4 is 22.0 Å². The van der Waals surface area contributed by atoms with Gasteiger partial charge in [0.05, 0.1) is 11.9 Å². The van der Waals surface area contributed by atoms with Crippen LogP contribution in [-0.4, -0.2) is 13.1 Å². The maximum Gasteiger partial charge on any atom is 0.0652 e. The van der Waals surface area contributed by atoms with E-state index in [1.54, 1.807) is 0 Å². The van der Waals surface area contributed by atoms with Gasteiger partial charge >= 0.3 is 0 Å². The van der Waals surface area contributed by atoms with Gasteiger partial charge in [-0.1, -0.05) is 0 Å². The van der Waals surface area contributed by atoms with E-state index >= 15 is 0 Å². The van der Waals surface area contributed by atoms with E-state index in [4.69, 9.17) is 11.5 Å². The number of benzene rings is 1. The normalized spacial score (nSPS) is 14.1. The SMILES string of the molecule is NCCC1=c2cc(N)ccc2=NC1. The van der Waals surface area contributed by atoms with Gasteiger partial charge in [0.25, 0.3) is 0 Å². The first-order valence-corrected chi connectivity index (χ1v) is 4.43. The van der Waals surface area contributed by atoms with E-state index in [1.165, 1.54) is 10.8 Å². The van der Waals surface area contributed by atoms with E-state index in [9.17, 15) is 0 Å². The van der Waals surface area contributed by atoms with Crippen molar-refractivity contribution in [3.63, 3.8) is 0 Å². The minimum absolute atomic E-state index is 0.680. The second kappa shape index (κ2) is 3.18. The lowest BCUT2D eigenvalue weighted by atomic mass is 10.1. The van der Waals surface area contributed by atoms with Crippen LogP contribution in [0.2, 0.25) is 0 Å². The molecule has 2 rings (SSSR count). The third-order valence-corrected chi connectivity index (χ3v) is 2.29. The summed E-state index contributed by atoms with van der Waals surface area (Å²) in [5.41, 5.74) is 13.3. The summed E-state index contributed by atoms with van der Waals surface area (Å²) in [5.74, 6) is 0. The van der Waals surface area contributed by atoms with Gasteiger partial charge in [-0.3, -0.25) is 4.99 Å². The fraction of sp³-hybridized carbons (Fsp3) is 0.300. The zero-order chi connectivity index (χ0) is 9.26. The molecule has 0 amide bonds. The Morgan fingerprint density at radius 2 is 2.23 bits per heavy atom. The van der Waals surface area contributed by atoms with E-state index in [-0.39, 0.29) is 0 Å². The summed E-state index contributed by atoms with van der Waals surface area (Å²) in [4.78, 5) is 4.39. The highest BCUT2D eigenvalue weighted by Gasteiger charge is 2.04. The van der Waals surface area contributed by atoms with E-state index in [2.05, 4.69) is 4.99 Å². The highest BCUT2D eigenvalue weighted by atomic mass is 14.7. The Labute approximate surface area is 76.8 Å². The summed E-state index contributed by atoms with van der Waals surface area (Å²) in [6.07, 6.45) is 0.917. The van der Waals surface area contributed by atoms with Crippen LogP contribution in [0.4, 0.5) is 5.69 Å². The van der Waals surface area contributed by atoms with Crippen LogP contribution in [0.25, 0.3) is 5.57 Å². The first-order chi connectivity index (χ1) is 6.31. The molecule has 13 heavy (non-hydrogen) atoms. The van der Waals surface area contributed by atoms with Crippen LogP contribution in [0.5, 0.6) is 0 Å². The molecule has 3 heteroatoms. The van der Waals surface area contributed by atoms with Gasteiger partial charge in [0.2, 0.25) is 0 Å². The van der Waals surface area contributed by atoms with Crippen LogP contribution in [0, 0.1) is 0 Å². The molecule has 0 atom stereocenters. The fourth-order valence-corrected chi connectivity index (χ4v) is 1.63. The summed E-state index contributed by atoms with van der Waals surface area (Å²) in [6.45, 7) is 1.47. The van der Waals surface area contributed by atoms with Gasteiger partial charge in [-0.2, -0.15) is 0 Å². The Hall–Kier alpha value is -1.35. The highest BCUT2D eigenvalue weighted by Crippen LogP contribution is 2.03. The predicted molar refractivity (Wildman–Crippen MR) is 53.6 cm³/mol. The number of anilines is 1. The second-order valence-corrected chi connectivity index (χ2v) is 3.24. The maximum absolute atomic E-state index is 5.70. The van der Waals surface area contributed by atoms with Crippen molar-refractivity contribution in [1.29, 1.82) is 0 Å². The van der Waals surface area contributed by atoms with Crippen LogP contribution in [-0.2, 0) is 0 Å². The minimum Gasteiger partial charge on any atom is -0.399 e. The van der Waals surface area contributed by atoms with Crippen LogP contribution in [0.3, 0.4) is 0 Å². The smallest absolute Gasteiger partial charge is 0.0652 e. The van der Waals surface area contributed by atoms with Crippen molar-refractivity contribution in [3.8, 4) is 0 Å². The second-order valence-electron chi connectivity index (χ2n) is 3.24. The number of hydrogen-bond acceptors (Lipinski definition) is 3. The van der Waals surface area contributed by atoms with Crippen molar-refractivity contribution >= 4 is 11.3 Å². The lowest BCUT2D eigenvalue weighted by Crippen LogP contribution is -2.23. The lowest BCUT2D eigenvalue weighted by molar-refractivity contribution is 0.993. The number of nitrogens with two attached hydrogens (primary N) is 2. The monoisotopic (exact) mass is 175 g/mol. The van der Waals surface area contributed by atoms with E-state index in [0.717, 1.165) is 24.0 Å². The summed E-state index contributed by atoms with van der Waals surface area (Å²) >= 11 is 0. The van der Waals surface area contributed by atoms with Gasteiger partial charge in [-0.15, -0.1) is 0 Å². The summed E-state index contributed by atoms with van der Waals surface area (Å²) in [7, 11) is 0. The molecule has 0 aliphatic carbocycles. The third-order valence-electron chi connectivity index (χ3n) is 2.29. The molecule has 0 fully saturated rings. The third kappa shape index (κ3) is 1.42. The molecule has 1 aliphatic heterocycles. The summed E-state index contributed by atoms with van der Waals surface area (Å²) in [6, 6.07) is 5.83.